The predicted octanol–water partition coefficient (Wildman–Crippen LogP) is 5.82. The Bertz CT molecular complexity index is 1410. The first-order valence-corrected chi connectivity index (χ1v) is 13.1. The molecular weight excluding hydrogens is 526 g/mol. The van der Waals surface area contributed by atoms with Gasteiger partial charge < -0.3 is 20.6 Å². The highest BCUT2D eigenvalue weighted by Crippen LogP contribution is 2.38. The monoisotopic (exact) mass is 547 g/mol. The fourth-order valence-corrected chi connectivity index (χ4v) is 4.89. The number of non-ortho nitro benzene ring substituents is 1. The molecule has 12 heteroatoms. The first-order chi connectivity index (χ1) is 18.3. The van der Waals surface area contributed by atoms with Crippen molar-refractivity contribution >= 4 is 52.4 Å². The number of nitro benzene ring substituents is 1. The third kappa shape index (κ3) is 7.74. The Morgan fingerprint density at radius 2 is 1.45 bits per heavy atom. The number of phenols is 1. The van der Waals surface area contributed by atoms with Crippen LogP contribution in [0.15, 0.2) is 70.5 Å². The number of phenolic OH excluding ortho intramolecular Hbond substituents is 1. The highest BCUT2D eigenvalue weighted by atomic mass is 32.2. The van der Waals surface area contributed by atoms with Crippen LogP contribution in [0.25, 0.3) is 4.85 Å². The fraction of sp³-hybridized carbons (Fsp3) is 0.154. The summed E-state index contributed by atoms with van der Waals surface area (Å²) >= 11 is 2.66. The largest absolute Gasteiger partial charge is 0.508 e. The fourth-order valence-electron chi connectivity index (χ4n) is 3.14. The molecule has 0 bridgehead atoms. The van der Waals surface area contributed by atoms with Gasteiger partial charge in [-0.2, -0.15) is 5.26 Å². The first-order valence-electron chi connectivity index (χ1n) is 11.1. The van der Waals surface area contributed by atoms with Crippen molar-refractivity contribution in [3.8, 4) is 11.8 Å². The number of hydrogen-bond donors (Lipinski definition) is 3. The molecule has 38 heavy (non-hydrogen) atoms. The van der Waals surface area contributed by atoms with Gasteiger partial charge in [0.15, 0.2) is 0 Å². The van der Waals surface area contributed by atoms with Crippen molar-refractivity contribution in [2.45, 2.75) is 16.2 Å². The number of carbonyl (C=O) groups excluding carboxylic acids is 2. The van der Waals surface area contributed by atoms with Gasteiger partial charge in [-0.1, -0.05) is 0 Å². The van der Waals surface area contributed by atoms with Crippen LogP contribution in [0.2, 0.25) is 0 Å². The van der Waals surface area contributed by atoms with Crippen molar-refractivity contribution in [3.05, 3.63) is 93.3 Å². The van der Waals surface area contributed by atoms with Gasteiger partial charge in [-0.05, 0) is 48.5 Å². The number of nitro groups is 1. The zero-order chi connectivity index (χ0) is 27.5. The number of carbonyl (C=O) groups is 2. The second-order valence-corrected chi connectivity index (χ2v) is 9.86. The Labute approximate surface area is 227 Å². The Kier molecular flexibility index (Phi) is 10.1. The molecule has 192 valence electrons. The number of amides is 2. The number of benzene rings is 3. The first kappa shape index (κ1) is 28.1. The maximum atomic E-state index is 12.9. The Morgan fingerprint density at radius 3 is 1.92 bits per heavy atom. The molecule has 0 spiro atoms. The number of rotatable bonds is 11. The second kappa shape index (κ2) is 13.7. The molecule has 0 atom stereocenters. The zero-order valence-corrected chi connectivity index (χ0v) is 21.5. The van der Waals surface area contributed by atoms with E-state index in [1.165, 1.54) is 72.1 Å². The molecule has 0 aliphatic rings. The quantitative estimate of drug-likeness (QED) is 0.0893. The van der Waals surface area contributed by atoms with E-state index in [-0.39, 0.29) is 30.0 Å². The molecule has 3 N–H and O–H groups in total. The van der Waals surface area contributed by atoms with Crippen molar-refractivity contribution in [2.75, 3.05) is 28.7 Å². The van der Waals surface area contributed by atoms with Gasteiger partial charge in [0.1, 0.15) is 5.75 Å². The number of thioether (sulfide) groups is 2. The van der Waals surface area contributed by atoms with Crippen molar-refractivity contribution in [3.63, 3.8) is 0 Å². The lowest BCUT2D eigenvalue weighted by Gasteiger charge is -2.17. The maximum Gasteiger partial charge on any atom is 0.269 e. The summed E-state index contributed by atoms with van der Waals surface area (Å²) in [6, 6.07) is 16.4. The summed E-state index contributed by atoms with van der Waals surface area (Å²) in [5.41, 5.74) is 1.31. The van der Waals surface area contributed by atoms with Crippen LogP contribution < -0.4 is 10.6 Å². The van der Waals surface area contributed by atoms with E-state index in [1.807, 2.05) is 0 Å². The Balaban J connectivity index is 1.96. The van der Waals surface area contributed by atoms with E-state index in [0.29, 0.717) is 38.2 Å². The number of nitrogens with zero attached hydrogens (tertiary/aromatic N) is 3. The van der Waals surface area contributed by atoms with E-state index in [9.17, 15) is 24.8 Å². The van der Waals surface area contributed by atoms with E-state index in [0.717, 1.165) is 0 Å². The van der Waals surface area contributed by atoms with Crippen molar-refractivity contribution in [2.24, 2.45) is 0 Å². The van der Waals surface area contributed by atoms with E-state index in [4.69, 9.17) is 11.8 Å². The summed E-state index contributed by atoms with van der Waals surface area (Å²) in [6.07, 6.45) is 0.261. The van der Waals surface area contributed by atoms with Gasteiger partial charge in [0.05, 0.1) is 28.1 Å². The molecule has 0 aliphatic carbocycles. The van der Waals surface area contributed by atoms with Crippen molar-refractivity contribution < 1.29 is 19.6 Å². The third-order valence-electron chi connectivity index (χ3n) is 4.98. The molecule has 0 aromatic heterocycles. The topological polar surface area (TPSA) is 150 Å². The van der Waals surface area contributed by atoms with E-state index in [1.54, 1.807) is 12.1 Å². The number of hydrogen-bond acceptors (Lipinski definition) is 8. The van der Waals surface area contributed by atoms with Crippen LogP contribution in [0, 0.1) is 28.0 Å². The molecule has 0 aliphatic heterocycles. The van der Waals surface area contributed by atoms with Gasteiger partial charge in [-0.15, -0.1) is 23.5 Å². The molecule has 10 nitrogen and oxygen atoms in total. The van der Waals surface area contributed by atoms with Gasteiger partial charge in [0, 0.05) is 45.2 Å². The van der Waals surface area contributed by atoms with E-state index < -0.39 is 16.7 Å². The minimum absolute atomic E-state index is 0.0289. The maximum absolute atomic E-state index is 12.9. The third-order valence-corrected chi connectivity index (χ3v) is 7.07. The van der Waals surface area contributed by atoms with E-state index in [2.05, 4.69) is 21.5 Å². The van der Waals surface area contributed by atoms with E-state index >= 15 is 0 Å². The minimum atomic E-state index is -0.552. The lowest BCUT2D eigenvalue weighted by molar-refractivity contribution is -0.384. The molecule has 0 unspecified atom stereocenters. The highest BCUT2D eigenvalue weighted by molar-refractivity contribution is 8.00. The molecule has 0 radical (unpaired) electrons. The van der Waals surface area contributed by atoms with Crippen LogP contribution in [0.5, 0.6) is 5.75 Å². The molecule has 0 saturated carbocycles. The molecule has 0 fully saturated rings. The van der Waals surface area contributed by atoms with Crippen LogP contribution in [0.4, 0.5) is 17.1 Å². The molecule has 3 rings (SSSR count). The average molecular weight is 548 g/mol. The number of nitriles is 1. The van der Waals surface area contributed by atoms with Crippen LogP contribution in [-0.2, 0) is 0 Å². The van der Waals surface area contributed by atoms with Crippen LogP contribution in [0.1, 0.15) is 27.1 Å². The molecule has 3 aromatic rings. The number of anilines is 2. The summed E-state index contributed by atoms with van der Waals surface area (Å²) in [4.78, 5) is 40.8. The van der Waals surface area contributed by atoms with Crippen LogP contribution in [0.3, 0.4) is 0 Å². The Hall–Kier alpha value is -4.52. The van der Waals surface area contributed by atoms with Gasteiger partial charge in [-0.25, -0.2) is 6.57 Å². The number of nitrogens with one attached hydrogen (secondary N) is 2. The summed E-state index contributed by atoms with van der Waals surface area (Å²) in [5.74, 6) is 0.0169. The SMILES string of the molecule is [C-]#[N+]CCSc1cc(NC(=O)c2ccc([N+](=O)[O-])cc2)c(SCCC#N)cc1NC(=O)c1ccc(O)cc1. The van der Waals surface area contributed by atoms with Crippen LogP contribution in [-0.4, -0.2) is 39.9 Å². The molecule has 2 amide bonds. The summed E-state index contributed by atoms with van der Waals surface area (Å²) in [5, 5.41) is 35.1. The lowest BCUT2D eigenvalue weighted by atomic mass is 10.1. The summed E-state index contributed by atoms with van der Waals surface area (Å²) in [7, 11) is 0. The van der Waals surface area contributed by atoms with Gasteiger partial charge in [0.2, 0.25) is 6.54 Å². The Morgan fingerprint density at radius 1 is 0.947 bits per heavy atom. The average Bonchev–Trinajstić information content (AvgIpc) is 2.91. The molecular formula is C26H21N5O5S2. The zero-order valence-electron chi connectivity index (χ0n) is 19.8. The molecule has 0 heterocycles. The minimum Gasteiger partial charge on any atom is -0.508 e. The second-order valence-electron chi connectivity index (χ2n) is 7.59. The molecule has 3 aromatic carbocycles. The summed E-state index contributed by atoms with van der Waals surface area (Å²) in [6.45, 7) is 7.31. The standard InChI is InChI=1S/C26H21N5O5S2/c1-28-12-14-38-24-16-21(29-25(33)17-3-7-19(8-4-17)31(35)36)23(37-13-2-11-27)15-22(24)30-26(34)18-5-9-20(32)10-6-18/h3-10,15-16,32H,2,12-14H2,(H,29,33)(H,30,34). The van der Waals surface area contributed by atoms with Crippen molar-refractivity contribution in [1.82, 2.24) is 0 Å². The smallest absolute Gasteiger partial charge is 0.269 e. The van der Waals surface area contributed by atoms with Gasteiger partial charge in [-0.3, -0.25) is 19.7 Å². The highest BCUT2D eigenvalue weighted by Gasteiger charge is 2.18. The van der Waals surface area contributed by atoms with Crippen LogP contribution >= 0.6 is 23.5 Å². The summed E-state index contributed by atoms with van der Waals surface area (Å²) < 4.78 is 0. The molecule has 0 saturated heterocycles. The lowest BCUT2D eigenvalue weighted by Crippen LogP contribution is -2.15. The van der Waals surface area contributed by atoms with Gasteiger partial charge >= 0.3 is 0 Å². The van der Waals surface area contributed by atoms with Gasteiger partial charge in [0.25, 0.3) is 17.5 Å². The normalized spacial score (nSPS) is 10.2. The number of aromatic hydroxyl groups is 1. The predicted molar refractivity (Wildman–Crippen MR) is 147 cm³/mol. The van der Waals surface area contributed by atoms with Crippen molar-refractivity contribution in [1.29, 1.82) is 5.26 Å².